The molecule has 0 amide bonds. The van der Waals surface area contributed by atoms with E-state index in [0.29, 0.717) is 14.1 Å². The maximum atomic E-state index is 12.3. The Balaban J connectivity index is 2.33. The van der Waals surface area contributed by atoms with Gasteiger partial charge in [-0.1, -0.05) is 0 Å². The summed E-state index contributed by atoms with van der Waals surface area (Å²) < 4.78 is 32.5. The van der Waals surface area contributed by atoms with Gasteiger partial charge in [-0.2, -0.15) is 0 Å². The molecule has 21 heavy (non-hydrogen) atoms. The highest BCUT2D eigenvalue weighted by atomic mass is 79.9. The normalized spacial score (nSPS) is 11.2. The Bertz CT molecular complexity index is 772. The van der Waals surface area contributed by atoms with E-state index in [1.54, 1.807) is 12.1 Å². The zero-order chi connectivity index (χ0) is 15.6. The first-order chi connectivity index (χ1) is 9.83. The van der Waals surface area contributed by atoms with Crippen LogP contribution >= 0.6 is 43.2 Å². The van der Waals surface area contributed by atoms with Crippen molar-refractivity contribution in [2.75, 3.05) is 11.8 Å². The van der Waals surface area contributed by atoms with Gasteiger partial charge in [0.2, 0.25) is 0 Å². The number of nitrogens with zero attached hydrogens (tertiary/aromatic N) is 1. The third-order valence-electron chi connectivity index (χ3n) is 2.31. The van der Waals surface area contributed by atoms with Crippen molar-refractivity contribution in [2.24, 2.45) is 0 Å². The maximum absolute atomic E-state index is 12.3. The summed E-state index contributed by atoms with van der Waals surface area (Å²) in [5.74, 6) is -0.590. The molecule has 0 radical (unpaired) electrons. The average molecular weight is 456 g/mol. The molecule has 0 bridgehead atoms. The Hall–Kier alpha value is -0.970. The number of anilines is 1. The lowest BCUT2D eigenvalue weighted by atomic mass is 10.4. The minimum Gasteiger partial charge on any atom is -0.465 e. The lowest BCUT2D eigenvalue weighted by Gasteiger charge is -2.06. The molecule has 2 aromatic heterocycles. The molecule has 6 nitrogen and oxygen atoms in total. The Kier molecular flexibility index (Phi) is 5.02. The molecule has 2 aromatic rings. The third kappa shape index (κ3) is 3.82. The molecule has 0 atom stereocenters. The number of sulfonamides is 1. The Morgan fingerprint density at radius 2 is 2.10 bits per heavy atom. The standard InChI is InChI=1S/C11H8Br2N2O4S2/c1-19-11(16)7-4-8(10(13)20-7)21(17,18)15-6-2-3-9(12)14-5-6/h2-5,15H,1H3. The molecule has 112 valence electrons. The quantitative estimate of drug-likeness (QED) is 0.564. The molecule has 2 rings (SSSR count). The summed E-state index contributed by atoms with van der Waals surface area (Å²) in [6.07, 6.45) is 1.38. The predicted octanol–water partition coefficient (Wildman–Crippen LogP) is 3.26. The van der Waals surface area contributed by atoms with E-state index in [-0.39, 0.29) is 9.77 Å². The fourth-order valence-electron chi connectivity index (χ4n) is 1.38. The molecule has 10 heteroatoms. The van der Waals surface area contributed by atoms with Crippen LogP contribution in [0.1, 0.15) is 9.67 Å². The summed E-state index contributed by atoms with van der Waals surface area (Å²) >= 11 is 7.29. The van der Waals surface area contributed by atoms with Crippen molar-refractivity contribution in [1.29, 1.82) is 0 Å². The van der Waals surface area contributed by atoms with Gasteiger partial charge in [0.05, 0.1) is 22.8 Å². The number of methoxy groups -OCH3 is 1. The van der Waals surface area contributed by atoms with Crippen LogP contribution in [0.25, 0.3) is 0 Å². The van der Waals surface area contributed by atoms with Crippen LogP contribution in [0.2, 0.25) is 0 Å². The van der Waals surface area contributed by atoms with Gasteiger partial charge in [0.15, 0.2) is 0 Å². The number of carbonyl (C=O) groups is 1. The highest BCUT2D eigenvalue weighted by Gasteiger charge is 2.23. The Morgan fingerprint density at radius 1 is 1.38 bits per heavy atom. The smallest absolute Gasteiger partial charge is 0.348 e. The molecule has 0 aromatic carbocycles. The predicted molar refractivity (Wildman–Crippen MR) is 86.1 cm³/mol. The summed E-state index contributed by atoms with van der Waals surface area (Å²) in [6, 6.07) is 4.44. The zero-order valence-electron chi connectivity index (χ0n) is 10.5. The maximum Gasteiger partial charge on any atom is 0.348 e. The van der Waals surface area contributed by atoms with Crippen LogP contribution in [0.5, 0.6) is 0 Å². The Morgan fingerprint density at radius 3 is 2.67 bits per heavy atom. The monoisotopic (exact) mass is 454 g/mol. The molecule has 1 N–H and O–H groups in total. The molecule has 0 unspecified atom stereocenters. The molecule has 0 saturated carbocycles. The fourth-order valence-corrected chi connectivity index (χ4v) is 5.14. The van der Waals surface area contributed by atoms with E-state index in [4.69, 9.17) is 0 Å². The number of pyridine rings is 1. The largest absolute Gasteiger partial charge is 0.465 e. The third-order valence-corrected chi connectivity index (χ3v) is 6.39. The van der Waals surface area contributed by atoms with Crippen molar-refractivity contribution in [3.63, 3.8) is 0 Å². The minimum absolute atomic E-state index is 0.0316. The molecule has 0 aliphatic rings. The van der Waals surface area contributed by atoms with Gasteiger partial charge < -0.3 is 4.74 Å². The number of ether oxygens (including phenoxy) is 1. The number of hydrogen-bond acceptors (Lipinski definition) is 6. The van der Waals surface area contributed by atoms with Crippen molar-refractivity contribution in [3.05, 3.63) is 37.7 Å². The number of carbonyl (C=O) groups excluding carboxylic acids is 1. The zero-order valence-corrected chi connectivity index (χ0v) is 15.3. The summed E-state index contributed by atoms with van der Waals surface area (Å²) in [5, 5.41) is 0. The van der Waals surface area contributed by atoms with Gasteiger partial charge in [0, 0.05) is 0 Å². The van der Waals surface area contributed by atoms with Crippen molar-refractivity contribution in [2.45, 2.75) is 4.90 Å². The number of aromatic nitrogens is 1. The first kappa shape index (κ1) is 16.4. The molecule has 0 fully saturated rings. The summed E-state index contributed by atoms with van der Waals surface area (Å²) in [5.41, 5.74) is 0.316. The van der Waals surface area contributed by atoms with Crippen LogP contribution in [-0.4, -0.2) is 26.5 Å². The van der Waals surface area contributed by atoms with Crippen molar-refractivity contribution in [3.8, 4) is 0 Å². The SMILES string of the molecule is COC(=O)c1cc(S(=O)(=O)Nc2ccc(Br)nc2)c(Br)s1. The van der Waals surface area contributed by atoms with Crippen LogP contribution in [0.3, 0.4) is 0 Å². The minimum atomic E-state index is -3.83. The van der Waals surface area contributed by atoms with Gasteiger partial charge in [-0.25, -0.2) is 18.2 Å². The summed E-state index contributed by atoms with van der Waals surface area (Å²) in [7, 11) is -2.60. The van der Waals surface area contributed by atoms with Gasteiger partial charge in [0.1, 0.15) is 14.4 Å². The van der Waals surface area contributed by atoms with Gasteiger partial charge in [-0.15, -0.1) is 11.3 Å². The summed E-state index contributed by atoms with van der Waals surface area (Å²) in [6.45, 7) is 0. The number of nitrogens with one attached hydrogen (secondary N) is 1. The number of esters is 1. The molecule has 0 aliphatic heterocycles. The first-order valence-electron chi connectivity index (χ1n) is 5.35. The van der Waals surface area contributed by atoms with Gasteiger partial charge in [-0.05, 0) is 50.1 Å². The van der Waals surface area contributed by atoms with Crippen LogP contribution in [0.15, 0.2) is 37.7 Å². The van der Waals surface area contributed by atoms with Crippen molar-refractivity contribution >= 4 is 64.9 Å². The van der Waals surface area contributed by atoms with Crippen LogP contribution in [0.4, 0.5) is 5.69 Å². The highest BCUT2D eigenvalue weighted by molar-refractivity contribution is 9.11. The lowest BCUT2D eigenvalue weighted by Crippen LogP contribution is -2.13. The van der Waals surface area contributed by atoms with Crippen LogP contribution in [0, 0.1) is 0 Å². The van der Waals surface area contributed by atoms with E-state index in [2.05, 4.69) is 46.3 Å². The lowest BCUT2D eigenvalue weighted by molar-refractivity contribution is 0.0606. The van der Waals surface area contributed by atoms with E-state index in [1.807, 2.05) is 0 Å². The average Bonchev–Trinajstić information content (AvgIpc) is 2.83. The van der Waals surface area contributed by atoms with E-state index in [9.17, 15) is 13.2 Å². The molecule has 2 heterocycles. The molecular formula is C11H8Br2N2O4S2. The van der Waals surface area contributed by atoms with Gasteiger partial charge >= 0.3 is 5.97 Å². The number of thiophene rings is 1. The topological polar surface area (TPSA) is 85.4 Å². The molecule has 0 saturated heterocycles. The number of hydrogen-bond donors (Lipinski definition) is 1. The molecule has 0 aliphatic carbocycles. The second-order valence-corrected chi connectivity index (χ2v) is 8.55. The van der Waals surface area contributed by atoms with Crippen molar-refractivity contribution in [1.82, 2.24) is 4.98 Å². The fraction of sp³-hybridized carbons (Fsp3) is 0.0909. The Labute approximate surface area is 141 Å². The second kappa shape index (κ2) is 6.42. The molecule has 0 spiro atoms. The van der Waals surface area contributed by atoms with Crippen molar-refractivity contribution < 1.29 is 17.9 Å². The highest BCUT2D eigenvalue weighted by Crippen LogP contribution is 2.33. The first-order valence-corrected chi connectivity index (χ1v) is 9.24. The van der Waals surface area contributed by atoms with E-state index < -0.39 is 16.0 Å². The van der Waals surface area contributed by atoms with E-state index in [1.165, 1.54) is 19.4 Å². The van der Waals surface area contributed by atoms with E-state index >= 15 is 0 Å². The number of rotatable bonds is 4. The van der Waals surface area contributed by atoms with Crippen LogP contribution < -0.4 is 4.72 Å². The number of halogens is 2. The van der Waals surface area contributed by atoms with Gasteiger partial charge in [-0.3, -0.25) is 4.72 Å². The van der Waals surface area contributed by atoms with Gasteiger partial charge in [0.25, 0.3) is 10.0 Å². The van der Waals surface area contributed by atoms with Crippen LogP contribution in [-0.2, 0) is 14.8 Å². The summed E-state index contributed by atoms with van der Waals surface area (Å²) in [4.78, 5) is 15.5. The second-order valence-electron chi connectivity index (χ2n) is 3.72. The van der Waals surface area contributed by atoms with E-state index in [0.717, 1.165) is 11.3 Å². The molecular weight excluding hydrogens is 448 g/mol.